The average molecular weight is 252 g/mol. The Labute approximate surface area is 96.8 Å². The third-order valence-corrected chi connectivity index (χ3v) is 3.91. The van der Waals surface area contributed by atoms with Crippen LogP contribution >= 0.6 is 0 Å². The van der Waals surface area contributed by atoms with Crippen LogP contribution in [-0.4, -0.2) is 43.4 Å². The molecule has 0 aliphatic heterocycles. The Morgan fingerprint density at radius 1 is 1.38 bits per heavy atom. The van der Waals surface area contributed by atoms with Gasteiger partial charge in [0, 0.05) is 26.1 Å². The first-order chi connectivity index (χ1) is 7.33. The van der Waals surface area contributed by atoms with E-state index in [0.717, 1.165) is 0 Å². The molecule has 0 radical (unpaired) electrons. The van der Waals surface area contributed by atoms with Gasteiger partial charge in [-0.2, -0.15) is 12.7 Å². The molecule has 6 nitrogen and oxygen atoms in total. The normalized spacial score (nSPS) is 14.0. The highest BCUT2D eigenvalue weighted by molar-refractivity contribution is 7.87. The van der Waals surface area contributed by atoms with E-state index in [2.05, 4.69) is 4.72 Å². The largest absolute Gasteiger partial charge is 0.481 e. The number of nitrogens with zero attached hydrogens (tertiary/aromatic N) is 1. The van der Waals surface area contributed by atoms with Gasteiger partial charge in [0.05, 0.1) is 0 Å². The minimum Gasteiger partial charge on any atom is -0.481 e. The van der Waals surface area contributed by atoms with Crippen molar-refractivity contribution in [2.75, 3.05) is 19.6 Å². The summed E-state index contributed by atoms with van der Waals surface area (Å²) in [6.07, 6.45) is -0.0409. The molecule has 0 aliphatic rings. The maximum Gasteiger partial charge on any atom is 0.303 e. The van der Waals surface area contributed by atoms with E-state index in [0.29, 0.717) is 13.1 Å². The Bertz CT molecular complexity index is 311. The second-order valence-electron chi connectivity index (χ2n) is 3.64. The van der Waals surface area contributed by atoms with Gasteiger partial charge in [-0.25, -0.2) is 4.72 Å². The number of nitrogens with one attached hydrogen (secondary N) is 1. The zero-order valence-electron chi connectivity index (χ0n) is 9.93. The second-order valence-corrected chi connectivity index (χ2v) is 5.40. The van der Waals surface area contributed by atoms with Crippen LogP contribution in [-0.2, 0) is 15.0 Å². The quantitative estimate of drug-likeness (QED) is 0.649. The van der Waals surface area contributed by atoms with Crippen LogP contribution < -0.4 is 4.72 Å². The molecule has 0 aromatic heterocycles. The van der Waals surface area contributed by atoms with Crippen LogP contribution in [0, 0.1) is 5.92 Å². The van der Waals surface area contributed by atoms with Crippen molar-refractivity contribution in [3.63, 3.8) is 0 Å². The van der Waals surface area contributed by atoms with E-state index in [1.54, 1.807) is 20.8 Å². The van der Waals surface area contributed by atoms with Gasteiger partial charge in [-0.05, 0) is 5.92 Å². The third kappa shape index (κ3) is 5.43. The molecular weight excluding hydrogens is 232 g/mol. The van der Waals surface area contributed by atoms with E-state index in [1.165, 1.54) is 4.31 Å². The van der Waals surface area contributed by atoms with Crippen molar-refractivity contribution in [3.05, 3.63) is 0 Å². The maximum atomic E-state index is 11.7. The molecule has 0 fully saturated rings. The molecule has 0 rings (SSSR count). The third-order valence-electron chi connectivity index (χ3n) is 2.18. The lowest BCUT2D eigenvalue weighted by Gasteiger charge is -2.20. The molecule has 0 amide bonds. The van der Waals surface area contributed by atoms with Gasteiger partial charge in [0.1, 0.15) is 0 Å². The number of carbonyl (C=O) groups is 1. The molecule has 0 spiro atoms. The lowest BCUT2D eigenvalue weighted by molar-refractivity contribution is -0.137. The highest BCUT2D eigenvalue weighted by Crippen LogP contribution is 2.02. The van der Waals surface area contributed by atoms with Gasteiger partial charge in [-0.15, -0.1) is 0 Å². The number of hydrogen-bond donors (Lipinski definition) is 2. The summed E-state index contributed by atoms with van der Waals surface area (Å²) >= 11 is 0. The molecular formula is C9H20N2O4S. The van der Waals surface area contributed by atoms with Gasteiger partial charge < -0.3 is 5.11 Å². The Kier molecular flexibility index (Phi) is 6.54. The van der Waals surface area contributed by atoms with Crippen LogP contribution in [0.25, 0.3) is 0 Å². The van der Waals surface area contributed by atoms with Crippen LogP contribution in [0.1, 0.15) is 27.2 Å². The van der Waals surface area contributed by atoms with Crippen molar-refractivity contribution in [1.29, 1.82) is 0 Å². The topological polar surface area (TPSA) is 86.7 Å². The first kappa shape index (κ1) is 15.3. The van der Waals surface area contributed by atoms with Crippen molar-refractivity contribution in [2.45, 2.75) is 27.2 Å². The molecule has 7 heteroatoms. The monoisotopic (exact) mass is 252 g/mol. The Balaban J connectivity index is 4.23. The number of carboxylic acids is 1. The SMILES string of the molecule is CCN(CC)S(=O)(=O)NCC(C)CC(=O)O. The Morgan fingerprint density at radius 2 is 1.88 bits per heavy atom. The average Bonchev–Trinajstić information content (AvgIpc) is 2.15. The van der Waals surface area contributed by atoms with Gasteiger partial charge >= 0.3 is 5.97 Å². The Hall–Kier alpha value is -0.660. The minimum absolute atomic E-state index is 0.0409. The van der Waals surface area contributed by atoms with Gasteiger partial charge in [0.2, 0.25) is 0 Å². The van der Waals surface area contributed by atoms with Crippen molar-refractivity contribution in [2.24, 2.45) is 5.92 Å². The van der Waals surface area contributed by atoms with Gasteiger partial charge in [-0.3, -0.25) is 4.79 Å². The summed E-state index contributed by atoms with van der Waals surface area (Å²) in [4.78, 5) is 10.4. The Morgan fingerprint density at radius 3 is 2.25 bits per heavy atom. The van der Waals surface area contributed by atoms with Crippen molar-refractivity contribution >= 4 is 16.2 Å². The van der Waals surface area contributed by atoms with E-state index < -0.39 is 16.2 Å². The molecule has 0 bridgehead atoms. The molecule has 16 heavy (non-hydrogen) atoms. The first-order valence-electron chi connectivity index (χ1n) is 5.30. The van der Waals surface area contributed by atoms with Crippen LogP contribution in [0.15, 0.2) is 0 Å². The predicted molar refractivity (Wildman–Crippen MR) is 61.3 cm³/mol. The van der Waals surface area contributed by atoms with Crippen molar-refractivity contribution in [1.82, 2.24) is 9.03 Å². The number of carboxylic acid groups (broad SMARTS) is 1. The number of aliphatic carboxylic acids is 1. The van der Waals surface area contributed by atoms with E-state index in [-0.39, 0.29) is 18.9 Å². The highest BCUT2D eigenvalue weighted by atomic mass is 32.2. The van der Waals surface area contributed by atoms with Gasteiger partial charge in [-0.1, -0.05) is 20.8 Å². The first-order valence-corrected chi connectivity index (χ1v) is 6.74. The summed E-state index contributed by atoms with van der Waals surface area (Å²) in [6.45, 7) is 6.15. The molecule has 0 saturated heterocycles. The minimum atomic E-state index is -3.46. The summed E-state index contributed by atoms with van der Waals surface area (Å²) in [7, 11) is -3.46. The zero-order valence-corrected chi connectivity index (χ0v) is 10.7. The fourth-order valence-corrected chi connectivity index (χ4v) is 2.63. The molecule has 2 N–H and O–H groups in total. The van der Waals surface area contributed by atoms with Gasteiger partial charge in [0.15, 0.2) is 0 Å². The lowest BCUT2D eigenvalue weighted by atomic mass is 10.1. The van der Waals surface area contributed by atoms with Gasteiger partial charge in [0.25, 0.3) is 10.2 Å². The number of rotatable bonds is 8. The van der Waals surface area contributed by atoms with E-state index in [4.69, 9.17) is 5.11 Å². The fraction of sp³-hybridized carbons (Fsp3) is 0.889. The zero-order chi connectivity index (χ0) is 12.8. The molecule has 0 saturated carbocycles. The summed E-state index contributed by atoms with van der Waals surface area (Å²) in [5.74, 6) is -1.14. The maximum absolute atomic E-state index is 11.7. The molecule has 0 aliphatic carbocycles. The summed E-state index contributed by atoms with van der Waals surface area (Å²) in [5, 5.41) is 8.53. The van der Waals surface area contributed by atoms with Crippen LogP contribution in [0.4, 0.5) is 0 Å². The van der Waals surface area contributed by atoms with Crippen LogP contribution in [0.5, 0.6) is 0 Å². The van der Waals surface area contributed by atoms with Crippen molar-refractivity contribution < 1.29 is 18.3 Å². The number of hydrogen-bond acceptors (Lipinski definition) is 3. The predicted octanol–water partition coefficient (Wildman–Crippen LogP) is 0.273. The van der Waals surface area contributed by atoms with E-state index in [9.17, 15) is 13.2 Å². The molecule has 1 atom stereocenters. The van der Waals surface area contributed by atoms with Crippen LogP contribution in [0.2, 0.25) is 0 Å². The van der Waals surface area contributed by atoms with E-state index >= 15 is 0 Å². The molecule has 1 unspecified atom stereocenters. The molecule has 0 aromatic rings. The molecule has 0 aromatic carbocycles. The van der Waals surface area contributed by atoms with E-state index in [1.807, 2.05) is 0 Å². The standard InChI is InChI=1S/C9H20N2O4S/c1-4-11(5-2)16(14,15)10-7-8(3)6-9(12)13/h8,10H,4-7H2,1-3H3,(H,12,13). The summed E-state index contributed by atoms with van der Waals surface area (Å²) in [5.41, 5.74) is 0. The van der Waals surface area contributed by atoms with Crippen molar-refractivity contribution in [3.8, 4) is 0 Å². The highest BCUT2D eigenvalue weighted by Gasteiger charge is 2.19. The smallest absolute Gasteiger partial charge is 0.303 e. The molecule has 0 heterocycles. The van der Waals surface area contributed by atoms with Crippen LogP contribution in [0.3, 0.4) is 0 Å². The summed E-state index contributed by atoms with van der Waals surface area (Å²) < 4.78 is 27.0. The summed E-state index contributed by atoms with van der Waals surface area (Å²) in [6, 6.07) is 0. The second kappa shape index (κ2) is 6.82. The lowest BCUT2D eigenvalue weighted by Crippen LogP contribution is -2.42. The molecule has 96 valence electrons. The fourth-order valence-electron chi connectivity index (χ4n) is 1.27.